The lowest BCUT2D eigenvalue weighted by Gasteiger charge is -2.29. The zero-order valence-electron chi connectivity index (χ0n) is 9.62. The van der Waals surface area contributed by atoms with Crippen molar-refractivity contribution in [3.63, 3.8) is 0 Å². The predicted octanol–water partition coefficient (Wildman–Crippen LogP) is 1.49. The number of amides is 1. The number of hydrogen-bond acceptors (Lipinski definition) is 2. The van der Waals surface area contributed by atoms with Crippen molar-refractivity contribution in [2.75, 3.05) is 0 Å². The van der Waals surface area contributed by atoms with Gasteiger partial charge in [-0.2, -0.15) is 0 Å². The molecule has 2 atom stereocenters. The molecule has 1 spiro atoms. The van der Waals surface area contributed by atoms with Crippen LogP contribution in [0.1, 0.15) is 46.0 Å². The summed E-state index contributed by atoms with van der Waals surface area (Å²) in [6.45, 7) is 4.39. The van der Waals surface area contributed by atoms with Crippen LogP contribution in [0.2, 0.25) is 0 Å². The fourth-order valence-corrected chi connectivity index (χ4v) is 2.90. The molecule has 0 bridgehead atoms. The van der Waals surface area contributed by atoms with Crippen molar-refractivity contribution in [3.05, 3.63) is 0 Å². The van der Waals surface area contributed by atoms with Crippen LogP contribution in [0.15, 0.2) is 0 Å². The maximum Gasteiger partial charge on any atom is 0.244 e. The van der Waals surface area contributed by atoms with E-state index in [1.54, 1.807) is 0 Å². The molecule has 3 heteroatoms. The molecule has 84 valence electrons. The first-order chi connectivity index (χ1) is 7.18. The normalized spacial score (nSPS) is 34.9. The Kier molecular flexibility index (Phi) is 1.91. The lowest BCUT2D eigenvalue weighted by Crippen LogP contribution is -2.44. The van der Waals surface area contributed by atoms with Crippen molar-refractivity contribution in [1.82, 2.24) is 10.2 Å². The van der Waals surface area contributed by atoms with Crippen molar-refractivity contribution in [1.29, 1.82) is 0 Å². The topological polar surface area (TPSA) is 32.3 Å². The first-order valence-corrected chi connectivity index (χ1v) is 6.28. The zero-order chi connectivity index (χ0) is 10.6. The van der Waals surface area contributed by atoms with Crippen molar-refractivity contribution < 1.29 is 4.79 Å². The molecule has 1 amide bonds. The van der Waals surface area contributed by atoms with Gasteiger partial charge in [-0.3, -0.25) is 10.1 Å². The zero-order valence-corrected chi connectivity index (χ0v) is 9.62. The van der Waals surface area contributed by atoms with E-state index < -0.39 is 0 Å². The Bertz CT molecular complexity index is 294. The van der Waals surface area contributed by atoms with Gasteiger partial charge in [0.15, 0.2) is 0 Å². The number of nitrogens with one attached hydrogen (secondary N) is 1. The summed E-state index contributed by atoms with van der Waals surface area (Å²) in [4.78, 5) is 14.4. The molecule has 3 aliphatic rings. The van der Waals surface area contributed by atoms with Gasteiger partial charge in [0, 0.05) is 6.04 Å². The van der Waals surface area contributed by atoms with E-state index in [0.717, 1.165) is 25.2 Å². The molecule has 2 aliphatic carbocycles. The molecule has 3 fully saturated rings. The van der Waals surface area contributed by atoms with Gasteiger partial charge in [0.25, 0.3) is 0 Å². The molecule has 3 rings (SSSR count). The third-order valence-corrected chi connectivity index (χ3v) is 4.30. The summed E-state index contributed by atoms with van der Waals surface area (Å²) in [5, 5.41) is 3.53. The number of hydrogen-bond donors (Lipinski definition) is 1. The number of rotatable bonds is 3. The van der Waals surface area contributed by atoms with Crippen LogP contribution >= 0.6 is 0 Å². The highest BCUT2D eigenvalue weighted by Crippen LogP contribution is 2.46. The minimum Gasteiger partial charge on any atom is -0.323 e. The van der Waals surface area contributed by atoms with Crippen LogP contribution in [0.4, 0.5) is 0 Å². The fourth-order valence-electron chi connectivity index (χ4n) is 2.90. The Morgan fingerprint density at radius 2 is 2.20 bits per heavy atom. The van der Waals surface area contributed by atoms with Gasteiger partial charge in [-0.25, -0.2) is 0 Å². The summed E-state index contributed by atoms with van der Waals surface area (Å²) in [5.74, 6) is 1.16. The lowest BCUT2D eigenvalue weighted by atomic mass is 10.1. The molecule has 0 aromatic heterocycles. The maximum atomic E-state index is 12.3. The molecule has 0 aromatic carbocycles. The lowest BCUT2D eigenvalue weighted by molar-refractivity contribution is -0.133. The van der Waals surface area contributed by atoms with E-state index in [2.05, 4.69) is 24.1 Å². The average Bonchev–Trinajstić information content (AvgIpc) is 3.09. The second-order valence-electron chi connectivity index (χ2n) is 5.44. The van der Waals surface area contributed by atoms with Crippen molar-refractivity contribution in [2.45, 2.75) is 63.7 Å². The van der Waals surface area contributed by atoms with Gasteiger partial charge in [0.2, 0.25) is 5.91 Å². The van der Waals surface area contributed by atoms with E-state index in [-0.39, 0.29) is 5.54 Å². The Balaban J connectivity index is 1.81. The monoisotopic (exact) mass is 208 g/mol. The van der Waals surface area contributed by atoms with Gasteiger partial charge in [-0.15, -0.1) is 0 Å². The van der Waals surface area contributed by atoms with E-state index in [4.69, 9.17) is 0 Å². The summed E-state index contributed by atoms with van der Waals surface area (Å²) in [7, 11) is 0. The Morgan fingerprint density at radius 1 is 1.53 bits per heavy atom. The van der Waals surface area contributed by atoms with Gasteiger partial charge >= 0.3 is 0 Å². The van der Waals surface area contributed by atoms with Gasteiger partial charge in [0.05, 0.1) is 11.7 Å². The van der Waals surface area contributed by atoms with E-state index in [0.29, 0.717) is 18.1 Å². The minimum absolute atomic E-state index is 0.121. The third kappa shape index (κ3) is 1.32. The van der Waals surface area contributed by atoms with Gasteiger partial charge in [-0.1, -0.05) is 6.92 Å². The summed E-state index contributed by atoms with van der Waals surface area (Å²) >= 11 is 0. The number of carbonyl (C=O) groups is 1. The van der Waals surface area contributed by atoms with Gasteiger partial charge < -0.3 is 4.90 Å². The Hall–Kier alpha value is -0.570. The summed E-state index contributed by atoms with van der Waals surface area (Å²) in [5.41, 5.74) is -0.121. The molecule has 15 heavy (non-hydrogen) atoms. The van der Waals surface area contributed by atoms with E-state index in [9.17, 15) is 4.79 Å². The second kappa shape index (κ2) is 2.97. The van der Waals surface area contributed by atoms with Crippen molar-refractivity contribution in [3.8, 4) is 0 Å². The molecule has 2 saturated carbocycles. The average molecular weight is 208 g/mol. The van der Waals surface area contributed by atoms with Gasteiger partial charge in [0.1, 0.15) is 0 Å². The van der Waals surface area contributed by atoms with Crippen molar-refractivity contribution in [2.24, 2.45) is 5.92 Å². The SMILES string of the molecule is CCC1NC2(CC2)C(=O)N1C(C)C1CC1. The standard InChI is InChI=1S/C12H20N2O/c1-3-10-13-12(6-7-12)11(15)14(10)8(2)9-4-5-9/h8-10,13H,3-7H2,1-2H3. The Labute approximate surface area is 91.2 Å². The minimum atomic E-state index is -0.121. The third-order valence-electron chi connectivity index (χ3n) is 4.30. The van der Waals surface area contributed by atoms with Crippen LogP contribution in [0.25, 0.3) is 0 Å². The number of nitrogens with zero attached hydrogens (tertiary/aromatic N) is 1. The first kappa shape index (κ1) is 9.64. The molecular formula is C12H20N2O. The highest BCUT2D eigenvalue weighted by atomic mass is 16.2. The Morgan fingerprint density at radius 3 is 2.67 bits per heavy atom. The van der Waals surface area contributed by atoms with Crippen LogP contribution in [-0.4, -0.2) is 28.6 Å². The van der Waals surface area contributed by atoms with Crippen LogP contribution < -0.4 is 5.32 Å². The molecular weight excluding hydrogens is 188 g/mol. The second-order valence-corrected chi connectivity index (χ2v) is 5.44. The quantitative estimate of drug-likeness (QED) is 0.762. The largest absolute Gasteiger partial charge is 0.323 e. The first-order valence-electron chi connectivity index (χ1n) is 6.28. The van der Waals surface area contributed by atoms with Gasteiger partial charge in [-0.05, 0) is 44.9 Å². The molecule has 1 N–H and O–H groups in total. The van der Waals surface area contributed by atoms with Crippen LogP contribution in [0, 0.1) is 5.92 Å². The fraction of sp³-hybridized carbons (Fsp3) is 0.917. The smallest absolute Gasteiger partial charge is 0.244 e. The highest BCUT2D eigenvalue weighted by molar-refractivity contribution is 5.92. The van der Waals surface area contributed by atoms with Crippen molar-refractivity contribution >= 4 is 5.91 Å². The highest BCUT2D eigenvalue weighted by Gasteiger charge is 2.60. The van der Waals surface area contributed by atoms with E-state index in [1.807, 2.05) is 0 Å². The predicted molar refractivity (Wildman–Crippen MR) is 58.2 cm³/mol. The van der Waals surface area contributed by atoms with Crippen LogP contribution in [0.5, 0.6) is 0 Å². The van der Waals surface area contributed by atoms with Crippen LogP contribution in [-0.2, 0) is 4.79 Å². The van der Waals surface area contributed by atoms with E-state index in [1.165, 1.54) is 12.8 Å². The van der Waals surface area contributed by atoms with Crippen LogP contribution in [0.3, 0.4) is 0 Å². The molecule has 1 aliphatic heterocycles. The summed E-state index contributed by atoms with van der Waals surface area (Å²) in [6.07, 6.45) is 6.07. The molecule has 0 radical (unpaired) electrons. The maximum absolute atomic E-state index is 12.3. The summed E-state index contributed by atoms with van der Waals surface area (Å²) in [6, 6.07) is 0.454. The molecule has 1 saturated heterocycles. The molecule has 0 aromatic rings. The molecule has 2 unspecified atom stereocenters. The number of carbonyl (C=O) groups excluding carboxylic acids is 1. The molecule has 1 heterocycles. The van der Waals surface area contributed by atoms with E-state index >= 15 is 0 Å². The summed E-state index contributed by atoms with van der Waals surface area (Å²) < 4.78 is 0. The molecule has 3 nitrogen and oxygen atoms in total.